The maximum absolute atomic E-state index is 11.5. The Morgan fingerprint density at radius 1 is 1.47 bits per heavy atom. The van der Waals surface area contributed by atoms with Crippen LogP contribution in [-0.2, 0) is 14.3 Å². The molecule has 1 unspecified atom stereocenters. The van der Waals surface area contributed by atoms with E-state index in [1.54, 1.807) is 5.01 Å². The topological polar surface area (TPSA) is 72.6 Å². The zero-order chi connectivity index (χ0) is 12.1. The molecule has 1 atom stereocenters. The van der Waals surface area contributed by atoms with Gasteiger partial charge in [-0.1, -0.05) is 0 Å². The molecular formula is C10H20N2O3. The molecule has 88 valence electrons. The highest BCUT2D eigenvalue weighted by molar-refractivity contribution is 5.73. The fourth-order valence-electron chi connectivity index (χ4n) is 1.36. The molecule has 1 heterocycles. The summed E-state index contributed by atoms with van der Waals surface area (Å²) in [6.07, 6.45) is 0.811. The summed E-state index contributed by atoms with van der Waals surface area (Å²) in [7, 11) is 0. The molecule has 0 aromatic rings. The first-order valence-corrected chi connectivity index (χ1v) is 4.90. The van der Waals surface area contributed by atoms with E-state index in [4.69, 9.17) is 15.4 Å². The molecule has 0 bridgehead atoms. The molecule has 1 rings (SSSR count). The summed E-state index contributed by atoms with van der Waals surface area (Å²) in [5.74, 6) is 5.39. The lowest BCUT2D eigenvalue weighted by Crippen LogP contribution is -2.32. The van der Waals surface area contributed by atoms with Crippen LogP contribution in [0.25, 0.3) is 0 Å². The van der Waals surface area contributed by atoms with Gasteiger partial charge in [0, 0.05) is 13.1 Å². The van der Waals surface area contributed by atoms with Crippen LogP contribution in [0.4, 0.5) is 0 Å². The van der Waals surface area contributed by atoms with Crippen molar-refractivity contribution in [2.75, 3.05) is 13.1 Å². The molecule has 0 aliphatic carbocycles. The number of hydrazine groups is 1. The summed E-state index contributed by atoms with van der Waals surface area (Å²) in [4.78, 5) is 19.5. The van der Waals surface area contributed by atoms with Crippen LogP contribution in [0.1, 0.15) is 27.2 Å². The molecule has 15 heavy (non-hydrogen) atoms. The smallest absolute Gasteiger partial charge is 0.310 e. The van der Waals surface area contributed by atoms with Gasteiger partial charge in [-0.2, -0.15) is 0 Å². The van der Waals surface area contributed by atoms with Crippen molar-refractivity contribution in [2.24, 2.45) is 11.8 Å². The highest BCUT2D eigenvalue weighted by atomic mass is 16.6. The van der Waals surface area contributed by atoms with Crippen LogP contribution in [0, 0.1) is 5.92 Å². The van der Waals surface area contributed by atoms with Crippen molar-refractivity contribution >= 4 is 12.8 Å². The number of carbonyl (C=O) groups excluding carboxylic acids is 2. The Bertz CT molecular complexity index is 213. The molecule has 1 fully saturated rings. The van der Waals surface area contributed by atoms with Gasteiger partial charge in [-0.15, -0.1) is 0 Å². The molecule has 5 heteroatoms. The number of ether oxygens (including phenoxy) is 1. The molecule has 1 aliphatic heterocycles. The standard InChI is InChI=1S/C9H18N2O2.CH2O/c1-9(2,3)13-8(12)7-4-5-11(10)6-7;1-2/h7H,4-6,10H2,1-3H3;1H2. The summed E-state index contributed by atoms with van der Waals surface area (Å²) < 4.78 is 5.25. The van der Waals surface area contributed by atoms with Gasteiger partial charge in [0.1, 0.15) is 12.4 Å². The minimum atomic E-state index is -0.390. The van der Waals surface area contributed by atoms with E-state index < -0.39 is 0 Å². The number of nitrogens with zero attached hydrogens (tertiary/aromatic N) is 1. The average molecular weight is 216 g/mol. The second-order valence-electron chi connectivity index (χ2n) is 4.51. The number of hydrogen-bond acceptors (Lipinski definition) is 5. The van der Waals surface area contributed by atoms with E-state index >= 15 is 0 Å². The van der Waals surface area contributed by atoms with Crippen molar-refractivity contribution in [3.8, 4) is 0 Å². The number of nitrogens with two attached hydrogens (primary N) is 1. The summed E-state index contributed by atoms with van der Waals surface area (Å²) in [5, 5.41) is 1.66. The van der Waals surface area contributed by atoms with Gasteiger partial charge < -0.3 is 9.53 Å². The third-order valence-electron chi connectivity index (χ3n) is 1.96. The first kappa shape index (κ1) is 14.1. The van der Waals surface area contributed by atoms with Gasteiger partial charge in [-0.25, -0.2) is 5.01 Å². The van der Waals surface area contributed by atoms with Crippen LogP contribution in [0.3, 0.4) is 0 Å². The fourth-order valence-corrected chi connectivity index (χ4v) is 1.36. The van der Waals surface area contributed by atoms with Crippen molar-refractivity contribution in [3.05, 3.63) is 0 Å². The van der Waals surface area contributed by atoms with Crippen LogP contribution in [0.2, 0.25) is 0 Å². The maximum atomic E-state index is 11.5. The van der Waals surface area contributed by atoms with Gasteiger partial charge in [0.05, 0.1) is 5.92 Å². The second-order valence-corrected chi connectivity index (χ2v) is 4.51. The molecule has 0 aromatic carbocycles. The highest BCUT2D eigenvalue weighted by Gasteiger charge is 2.30. The van der Waals surface area contributed by atoms with Crippen molar-refractivity contribution in [1.29, 1.82) is 0 Å². The van der Waals surface area contributed by atoms with E-state index in [9.17, 15) is 4.79 Å². The molecule has 1 saturated heterocycles. The maximum Gasteiger partial charge on any atom is 0.310 e. The normalized spacial score (nSPS) is 21.7. The molecule has 1 aliphatic rings. The molecule has 0 amide bonds. The molecular weight excluding hydrogens is 196 g/mol. The largest absolute Gasteiger partial charge is 0.460 e. The average Bonchev–Trinajstić information content (AvgIpc) is 2.52. The third-order valence-corrected chi connectivity index (χ3v) is 1.96. The van der Waals surface area contributed by atoms with Gasteiger partial charge in [0.2, 0.25) is 0 Å². The highest BCUT2D eigenvalue weighted by Crippen LogP contribution is 2.18. The number of rotatable bonds is 1. The van der Waals surface area contributed by atoms with Crippen molar-refractivity contribution in [2.45, 2.75) is 32.8 Å². The molecule has 0 aromatic heterocycles. The predicted octanol–water partition coefficient (Wildman–Crippen LogP) is 0.339. The van der Waals surface area contributed by atoms with Gasteiger partial charge in [-0.3, -0.25) is 10.6 Å². The fraction of sp³-hybridized carbons (Fsp3) is 0.800. The van der Waals surface area contributed by atoms with Gasteiger partial charge in [-0.05, 0) is 27.2 Å². The summed E-state index contributed by atoms with van der Waals surface area (Å²) in [6, 6.07) is 0. The lowest BCUT2D eigenvalue weighted by molar-refractivity contribution is -0.159. The van der Waals surface area contributed by atoms with E-state index in [2.05, 4.69) is 0 Å². The van der Waals surface area contributed by atoms with Gasteiger partial charge >= 0.3 is 5.97 Å². The lowest BCUT2D eigenvalue weighted by atomic mass is 10.1. The Kier molecular flexibility index (Phi) is 5.46. The number of carbonyl (C=O) groups is 2. The SMILES string of the molecule is C=O.CC(C)(C)OC(=O)C1CCN(N)C1. The quantitative estimate of drug-likeness (QED) is 0.505. The van der Waals surface area contributed by atoms with Crippen molar-refractivity contribution in [3.63, 3.8) is 0 Å². The zero-order valence-corrected chi connectivity index (χ0v) is 9.66. The van der Waals surface area contributed by atoms with E-state index in [1.165, 1.54) is 0 Å². The Balaban J connectivity index is 0.000000921. The predicted molar refractivity (Wildman–Crippen MR) is 56.8 cm³/mol. The van der Waals surface area contributed by atoms with Crippen LogP contribution in [0.5, 0.6) is 0 Å². The molecule has 0 spiro atoms. The second kappa shape index (κ2) is 5.82. The Hall–Kier alpha value is -0.940. The van der Waals surface area contributed by atoms with Crippen molar-refractivity contribution in [1.82, 2.24) is 5.01 Å². The zero-order valence-electron chi connectivity index (χ0n) is 9.66. The lowest BCUT2D eigenvalue weighted by Gasteiger charge is -2.21. The molecule has 5 nitrogen and oxygen atoms in total. The minimum absolute atomic E-state index is 0.0378. The van der Waals surface area contributed by atoms with E-state index in [1.807, 2.05) is 27.6 Å². The number of hydrogen-bond donors (Lipinski definition) is 1. The summed E-state index contributed by atoms with van der Waals surface area (Å²) in [6.45, 7) is 9.03. The summed E-state index contributed by atoms with van der Waals surface area (Å²) >= 11 is 0. The number of esters is 1. The van der Waals surface area contributed by atoms with Gasteiger partial charge in [0.25, 0.3) is 0 Å². The molecule has 2 N–H and O–H groups in total. The minimum Gasteiger partial charge on any atom is -0.460 e. The Morgan fingerprint density at radius 3 is 2.33 bits per heavy atom. The molecule has 0 saturated carbocycles. The third kappa shape index (κ3) is 5.49. The first-order valence-electron chi connectivity index (χ1n) is 4.90. The monoisotopic (exact) mass is 216 g/mol. The Labute approximate surface area is 90.5 Å². The van der Waals surface area contributed by atoms with Gasteiger partial charge in [0.15, 0.2) is 0 Å². The first-order chi connectivity index (χ1) is 6.88. The summed E-state index contributed by atoms with van der Waals surface area (Å²) in [5.41, 5.74) is -0.390. The van der Waals surface area contributed by atoms with E-state index in [-0.39, 0.29) is 17.5 Å². The Morgan fingerprint density at radius 2 is 2.00 bits per heavy atom. The van der Waals surface area contributed by atoms with E-state index in [0.717, 1.165) is 13.0 Å². The van der Waals surface area contributed by atoms with Crippen LogP contribution in [0.15, 0.2) is 0 Å². The molecule has 0 radical (unpaired) electrons. The van der Waals surface area contributed by atoms with Crippen LogP contribution >= 0.6 is 0 Å². The van der Waals surface area contributed by atoms with E-state index in [0.29, 0.717) is 6.54 Å². The van der Waals surface area contributed by atoms with Crippen LogP contribution in [-0.4, -0.2) is 36.5 Å². The van der Waals surface area contributed by atoms with Crippen LogP contribution < -0.4 is 5.84 Å². The van der Waals surface area contributed by atoms with Crippen molar-refractivity contribution < 1.29 is 14.3 Å².